The largest absolute Gasteiger partial charge is 0.479 e. The summed E-state index contributed by atoms with van der Waals surface area (Å²) in [5, 5.41) is 0. The van der Waals surface area contributed by atoms with Crippen molar-refractivity contribution in [3.8, 4) is 11.5 Å². The van der Waals surface area contributed by atoms with Gasteiger partial charge in [-0.2, -0.15) is 0 Å². The molecule has 3 rings (SSSR count). The predicted octanol–water partition coefficient (Wildman–Crippen LogP) is 3.53. The van der Waals surface area contributed by atoms with Crippen molar-refractivity contribution in [2.24, 2.45) is 0 Å². The molecule has 1 aromatic carbocycles. The highest BCUT2D eigenvalue weighted by atomic mass is 16.6. The number of rotatable bonds is 5. The highest BCUT2D eigenvalue weighted by molar-refractivity contribution is 6.14. The summed E-state index contributed by atoms with van der Waals surface area (Å²) < 4.78 is 21.5. The van der Waals surface area contributed by atoms with Gasteiger partial charge in [0.2, 0.25) is 5.78 Å². The Morgan fingerprint density at radius 3 is 2.76 bits per heavy atom. The van der Waals surface area contributed by atoms with Gasteiger partial charge in [0.25, 0.3) is 0 Å². The van der Waals surface area contributed by atoms with E-state index in [2.05, 4.69) is 0 Å². The summed E-state index contributed by atoms with van der Waals surface area (Å²) in [6, 6.07) is 8.38. The third-order valence-electron chi connectivity index (χ3n) is 3.61. The molecule has 2 aromatic rings. The second-order valence-electron chi connectivity index (χ2n) is 5.56. The van der Waals surface area contributed by atoms with E-state index >= 15 is 0 Å². The number of furan rings is 1. The van der Waals surface area contributed by atoms with E-state index in [1.165, 1.54) is 0 Å². The molecule has 1 atom stereocenters. The Hall–Kier alpha value is -3.02. The molecule has 1 aromatic heterocycles. The van der Waals surface area contributed by atoms with Gasteiger partial charge in [-0.15, -0.1) is 0 Å². The quantitative estimate of drug-likeness (QED) is 0.611. The van der Waals surface area contributed by atoms with Crippen molar-refractivity contribution >= 4 is 17.8 Å². The molecule has 2 heterocycles. The van der Waals surface area contributed by atoms with Gasteiger partial charge in [0.05, 0.1) is 12.2 Å². The fourth-order valence-electron chi connectivity index (χ4n) is 2.41. The van der Waals surface area contributed by atoms with Gasteiger partial charge < -0.3 is 18.6 Å². The van der Waals surface area contributed by atoms with Gasteiger partial charge >= 0.3 is 5.97 Å². The summed E-state index contributed by atoms with van der Waals surface area (Å²) in [5.41, 5.74) is 0.436. The third-order valence-corrected chi connectivity index (χ3v) is 3.61. The van der Waals surface area contributed by atoms with Crippen LogP contribution in [0.15, 0.2) is 40.5 Å². The number of carbonyl (C=O) groups is 2. The lowest BCUT2D eigenvalue weighted by Gasteiger charge is -2.13. The molecule has 0 spiro atoms. The van der Waals surface area contributed by atoms with Crippen molar-refractivity contribution in [3.63, 3.8) is 0 Å². The number of aryl methyl sites for hydroxylation is 1. The van der Waals surface area contributed by atoms with Crippen LogP contribution in [0.5, 0.6) is 11.5 Å². The Labute approximate surface area is 145 Å². The Bertz CT molecular complexity index is 845. The number of hydrogen-bond donors (Lipinski definition) is 0. The SMILES string of the molecule is CCOC(=O)[C@@H](C)Oc1ccc2c(c1)O/C(=C\c1ccc(C)o1)C2=O. The van der Waals surface area contributed by atoms with Gasteiger partial charge in [0, 0.05) is 12.1 Å². The number of allylic oxidation sites excluding steroid dienone is 1. The molecule has 6 heteroatoms. The van der Waals surface area contributed by atoms with Crippen LogP contribution >= 0.6 is 0 Å². The van der Waals surface area contributed by atoms with Gasteiger partial charge in [-0.25, -0.2) is 4.79 Å². The Balaban J connectivity index is 1.77. The molecule has 1 aliphatic heterocycles. The first-order valence-electron chi connectivity index (χ1n) is 7.96. The first kappa shape index (κ1) is 16.8. The monoisotopic (exact) mass is 342 g/mol. The van der Waals surface area contributed by atoms with Gasteiger partial charge in [-0.05, 0) is 45.0 Å². The minimum atomic E-state index is -0.754. The van der Waals surface area contributed by atoms with Crippen LogP contribution in [0.25, 0.3) is 6.08 Å². The van der Waals surface area contributed by atoms with Gasteiger partial charge in [0.1, 0.15) is 23.0 Å². The standard InChI is InChI=1S/C19H18O6/c1-4-22-19(21)12(3)24-14-7-8-15-16(9-14)25-17(18(15)20)10-13-6-5-11(2)23-13/h5-10,12H,4H2,1-3H3/b17-10-/t12-/m1/s1. The Morgan fingerprint density at radius 1 is 1.28 bits per heavy atom. The molecule has 130 valence electrons. The first-order chi connectivity index (χ1) is 12.0. The molecular weight excluding hydrogens is 324 g/mol. The highest BCUT2D eigenvalue weighted by Crippen LogP contribution is 2.35. The van der Waals surface area contributed by atoms with E-state index in [0.717, 1.165) is 5.76 Å². The fourth-order valence-corrected chi connectivity index (χ4v) is 2.41. The first-order valence-corrected chi connectivity index (χ1v) is 7.96. The molecule has 25 heavy (non-hydrogen) atoms. The van der Waals surface area contributed by atoms with E-state index in [0.29, 0.717) is 22.8 Å². The summed E-state index contributed by atoms with van der Waals surface area (Å²) in [4.78, 5) is 24.0. The van der Waals surface area contributed by atoms with Crippen molar-refractivity contribution in [2.75, 3.05) is 6.61 Å². The predicted molar refractivity (Wildman–Crippen MR) is 89.5 cm³/mol. The third kappa shape index (κ3) is 3.57. The molecular formula is C19H18O6. The van der Waals surface area contributed by atoms with Crippen LogP contribution < -0.4 is 9.47 Å². The zero-order chi connectivity index (χ0) is 18.0. The van der Waals surface area contributed by atoms with Crippen molar-refractivity contribution in [1.29, 1.82) is 0 Å². The number of carbonyl (C=O) groups excluding carboxylic acids is 2. The molecule has 0 saturated heterocycles. The van der Waals surface area contributed by atoms with E-state index in [4.69, 9.17) is 18.6 Å². The number of Topliss-reactive ketones (excluding diaryl/α,β-unsaturated/α-hetero) is 1. The fraction of sp³-hybridized carbons (Fsp3) is 0.263. The van der Waals surface area contributed by atoms with E-state index in [1.807, 2.05) is 13.0 Å². The molecule has 0 amide bonds. The normalized spacial score (nSPS) is 15.6. The summed E-state index contributed by atoms with van der Waals surface area (Å²) in [7, 11) is 0. The lowest BCUT2D eigenvalue weighted by Crippen LogP contribution is -2.26. The van der Waals surface area contributed by atoms with Crippen molar-refractivity contribution in [3.05, 3.63) is 53.2 Å². The smallest absolute Gasteiger partial charge is 0.347 e. The van der Waals surface area contributed by atoms with E-state index < -0.39 is 12.1 Å². The minimum Gasteiger partial charge on any atom is -0.479 e. The Kier molecular flexibility index (Phi) is 4.61. The highest BCUT2D eigenvalue weighted by Gasteiger charge is 2.28. The van der Waals surface area contributed by atoms with Crippen LogP contribution in [-0.4, -0.2) is 24.5 Å². The average Bonchev–Trinajstić information content (AvgIpc) is 3.11. The Morgan fingerprint density at radius 2 is 2.08 bits per heavy atom. The van der Waals surface area contributed by atoms with Crippen LogP contribution in [-0.2, 0) is 9.53 Å². The van der Waals surface area contributed by atoms with Crippen LogP contribution in [0, 0.1) is 6.92 Å². The molecule has 0 N–H and O–H groups in total. The molecule has 0 fully saturated rings. The molecule has 6 nitrogen and oxygen atoms in total. The number of ether oxygens (including phenoxy) is 3. The van der Waals surface area contributed by atoms with Crippen molar-refractivity contribution in [1.82, 2.24) is 0 Å². The topological polar surface area (TPSA) is 75.0 Å². The number of ketones is 1. The summed E-state index contributed by atoms with van der Waals surface area (Å²) >= 11 is 0. The minimum absolute atomic E-state index is 0.181. The van der Waals surface area contributed by atoms with Crippen molar-refractivity contribution < 1.29 is 28.2 Å². The van der Waals surface area contributed by atoms with Crippen molar-refractivity contribution in [2.45, 2.75) is 26.9 Å². The van der Waals surface area contributed by atoms with Crippen LogP contribution in [0.3, 0.4) is 0 Å². The van der Waals surface area contributed by atoms with E-state index in [1.54, 1.807) is 44.2 Å². The molecule has 1 aliphatic rings. The van der Waals surface area contributed by atoms with Crippen LogP contribution in [0.2, 0.25) is 0 Å². The summed E-state index contributed by atoms with van der Waals surface area (Å²) in [6.07, 6.45) is 0.799. The zero-order valence-corrected chi connectivity index (χ0v) is 14.2. The number of esters is 1. The van der Waals surface area contributed by atoms with Gasteiger partial charge in [-0.3, -0.25) is 4.79 Å². The maximum atomic E-state index is 12.4. The zero-order valence-electron chi connectivity index (χ0n) is 14.2. The van der Waals surface area contributed by atoms with Crippen LogP contribution in [0.1, 0.15) is 35.7 Å². The molecule has 0 aliphatic carbocycles. The maximum absolute atomic E-state index is 12.4. The molecule has 0 unspecified atom stereocenters. The van der Waals surface area contributed by atoms with Crippen LogP contribution in [0.4, 0.5) is 0 Å². The second-order valence-corrected chi connectivity index (χ2v) is 5.56. The molecule has 0 saturated carbocycles. The maximum Gasteiger partial charge on any atom is 0.347 e. The average molecular weight is 342 g/mol. The number of benzene rings is 1. The van der Waals surface area contributed by atoms with E-state index in [-0.39, 0.29) is 18.1 Å². The summed E-state index contributed by atoms with van der Waals surface area (Å²) in [6.45, 7) is 5.44. The second kappa shape index (κ2) is 6.84. The van der Waals surface area contributed by atoms with E-state index in [9.17, 15) is 9.59 Å². The van der Waals surface area contributed by atoms with Gasteiger partial charge in [-0.1, -0.05) is 0 Å². The lowest BCUT2D eigenvalue weighted by molar-refractivity contribution is -0.150. The molecule has 0 radical (unpaired) electrons. The number of hydrogen-bond acceptors (Lipinski definition) is 6. The van der Waals surface area contributed by atoms with Gasteiger partial charge in [0.15, 0.2) is 11.9 Å². The number of fused-ring (bicyclic) bond motifs is 1. The lowest BCUT2D eigenvalue weighted by atomic mass is 10.1. The summed E-state index contributed by atoms with van der Waals surface area (Å²) in [5.74, 6) is 1.59. The molecule has 0 bridgehead atoms.